The fourth-order valence-corrected chi connectivity index (χ4v) is 3.72. The van der Waals surface area contributed by atoms with Gasteiger partial charge in [0.1, 0.15) is 0 Å². The van der Waals surface area contributed by atoms with Gasteiger partial charge in [-0.05, 0) is 57.0 Å². The second-order valence-electron chi connectivity index (χ2n) is 6.03. The van der Waals surface area contributed by atoms with E-state index >= 15 is 0 Å². The van der Waals surface area contributed by atoms with Crippen molar-refractivity contribution in [2.75, 3.05) is 19.6 Å². The summed E-state index contributed by atoms with van der Waals surface area (Å²) in [6, 6.07) is 1.75. The van der Waals surface area contributed by atoms with Crippen LogP contribution >= 0.6 is 0 Å². The van der Waals surface area contributed by atoms with Crippen molar-refractivity contribution >= 4 is 0 Å². The third kappa shape index (κ3) is 2.07. The zero-order valence-electron chi connectivity index (χ0n) is 9.91. The summed E-state index contributed by atoms with van der Waals surface area (Å²) < 4.78 is 0. The Balaban J connectivity index is 1.49. The molecule has 15 heavy (non-hydrogen) atoms. The van der Waals surface area contributed by atoms with E-state index in [1.54, 1.807) is 0 Å². The summed E-state index contributed by atoms with van der Waals surface area (Å²) in [6.45, 7) is 6.49. The van der Waals surface area contributed by atoms with Gasteiger partial charge >= 0.3 is 0 Å². The smallest absolute Gasteiger partial charge is 0.0111 e. The van der Waals surface area contributed by atoms with Gasteiger partial charge in [-0.1, -0.05) is 6.92 Å². The fourth-order valence-electron chi connectivity index (χ4n) is 3.72. The van der Waals surface area contributed by atoms with Crippen LogP contribution in [0, 0.1) is 11.8 Å². The maximum absolute atomic E-state index is 3.75. The van der Waals surface area contributed by atoms with E-state index in [0.717, 1.165) is 23.9 Å². The second-order valence-corrected chi connectivity index (χ2v) is 6.03. The van der Waals surface area contributed by atoms with Gasteiger partial charge in [-0.3, -0.25) is 0 Å². The minimum absolute atomic E-state index is 0.870. The molecule has 0 aromatic carbocycles. The highest BCUT2D eigenvalue weighted by molar-refractivity contribution is 4.98. The van der Waals surface area contributed by atoms with Crippen LogP contribution in [-0.4, -0.2) is 36.6 Å². The van der Waals surface area contributed by atoms with E-state index < -0.39 is 0 Å². The fraction of sp³-hybridized carbons (Fsp3) is 1.00. The summed E-state index contributed by atoms with van der Waals surface area (Å²) in [4.78, 5) is 2.72. The number of piperidine rings is 1. The number of hydrogen-bond donors (Lipinski definition) is 1. The second kappa shape index (κ2) is 4.06. The van der Waals surface area contributed by atoms with Crippen LogP contribution in [0.5, 0.6) is 0 Å². The molecule has 0 spiro atoms. The number of hydrogen-bond acceptors (Lipinski definition) is 2. The molecule has 86 valence electrons. The van der Waals surface area contributed by atoms with Gasteiger partial charge in [0.15, 0.2) is 0 Å². The van der Waals surface area contributed by atoms with E-state index in [1.807, 2.05) is 0 Å². The molecular formula is C13H24N2. The Hall–Kier alpha value is -0.0800. The first-order chi connectivity index (χ1) is 7.31. The molecule has 3 heterocycles. The molecule has 2 bridgehead atoms. The predicted octanol–water partition coefficient (Wildman–Crippen LogP) is 1.86. The molecule has 3 aliphatic heterocycles. The summed E-state index contributed by atoms with van der Waals surface area (Å²) in [6.07, 6.45) is 7.19. The first-order valence-corrected chi connectivity index (χ1v) is 6.79. The number of likely N-dealkylation sites (tertiary alicyclic amines) is 1. The summed E-state index contributed by atoms with van der Waals surface area (Å²) >= 11 is 0. The predicted molar refractivity (Wildman–Crippen MR) is 62.9 cm³/mol. The largest absolute Gasteiger partial charge is 0.311 e. The summed E-state index contributed by atoms with van der Waals surface area (Å²) in [5.74, 6) is 1.94. The van der Waals surface area contributed by atoms with Gasteiger partial charge in [-0.15, -0.1) is 0 Å². The van der Waals surface area contributed by atoms with E-state index in [-0.39, 0.29) is 0 Å². The third-order valence-electron chi connectivity index (χ3n) is 4.80. The quantitative estimate of drug-likeness (QED) is 0.745. The Morgan fingerprint density at radius 1 is 1.13 bits per heavy atom. The average Bonchev–Trinajstić information content (AvgIpc) is 2.83. The monoisotopic (exact) mass is 208 g/mol. The van der Waals surface area contributed by atoms with E-state index in [2.05, 4.69) is 17.1 Å². The third-order valence-corrected chi connectivity index (χ3v) is 4.80. The van der Waals surface area contributed by atoms with Gasteiger partial charge in [0.2, 0.25) is 0 Å². The molecule has 2 nitrogen and oxygen atoms in total. The van der Waals surface area contributed by atoms with E-state index in [4.69, 9.17) is 0 Å². The van der Waals surface area contributed by atoms with Crippen molar-refractivity contribution in [2.24, 2.45) is 11.8 Å². The molecule has 0 aliphatic carbocycles. The van der Waals surface area contributed by atoms with Gasteiger partial charge in [-0.25, -0.2) is 0 Å². The normalized spacial score (nSPS) is 42.6. The standard InChI is InChI=1S/C13H24N2/c1-10-4-6-15(7-5-10)9-11-8-12-2-3-13(11)14-12/h10-14H,2-9H2,1H3. The Morgan fingerprint density at radius 3 is 2.53 bits per heavy atom. The zero-order chi connectivity index (χ0) is 10.3. The molecule has 1 N–H and O–H groups in total. The molecule has 3 rings (SSSR count). The highest BCUT2D eigenvalue weighted by Gasteiger charge is 2.39. The highest BCUT2D eigenvalue weighted by atomic mass is 15.1. The lowest BCUT2D eigenvalue weighted by atomic mass is 9.88. The van der Waals surface area contributed by atoms with Crippen molar-refractivity contribution in [2.45, 2.75) is 51.1 Å². The zero-order valence-corrected chi connectivity index (χ0v) is 9.91. The lowest BCUT2D eigenvalue weighted by Crippen LogP contribution is -2.39. The van der Waals surface area contributed by atoms with Gasteiger partial charge < -0.3 is 10.2 Å². The molecule has 3 aliphatic rings. The maximum Gasteiger partial charge on any atom is 0.0111 e. The van der Waals surface area contributed by atoms with Crippen LogP contribution in [0.25, 0.3) is 0 Å². The van der Waals surface area contributed by atoms with Crippen molar-refractivity contribution in [1.29, 1.82) is 0 Å². The molecule has 3 saturated heterocycles. The van der Waals surface area contributed by atoms with Crippen molar-refractivity contribution in [3.63, 3.8) is 0 Å². The summed E-state index contributed by atoms with van der Waals surface area (Å²) in [5, 5.41) is 3.75. The first-order valence-electron chi connectivity index (χ1n) is 6.79. The van der Waals surface area contributed by atoms with Crippen LogP contribution in [0.2, 0.25) is 0 Å². The molecule has 3 unspecified atom stereocenters. The van der Waals surface area contributed by atoms with E-state index in [1.165, 1.54) is 51.7 Å². The number of nitrogens with one attached hydrogen (secondary N) is 1. The van der Waals surface area contributed by atoms with Crippen LogP contribution in [-0.2, 0) is 0 Å². The molecule has 0 aromatic rings. The van der Waals surface area contributed by atoms with E-state index in [9.17, 15) is 0 Å². The van der Waals surface area contributed by atoms with Gasteiger partial charge in [-0.2, -0.15) is 0 Å². The Bertz CT molecular complexity index is 221. The van der Waals surface area contributed by atoms with Gasteiger partial charge in [0.05, 0.1) is 0 Å². The molecular weight excluding hydrogens is 184 g/mol. The molecule has 2 heteroatoms. The van der Waals surface area contributed by atoms with Crippen molar-refractivity contribution in [3.05, 3.63) is 0 Å². The van der Waals surface area contributed by atoms with Crippen LogP contribution in [0.1, 0.15) is 39.0 Å². The van der Waals surface area contributed by atoms with Crippen molar-refractivity contribution < 1.29 is 0 Å². The lowest BCUT2D eigenvalue weighted by Gasteiger charge is -2.34. The number of fused-ring (bicyclic) bond motifs is 2. The van der Waals surface area contributed by atoms with Gasteiger partial charge in [0, 0.05) is 18.6 Å². The number of rotatable bonds is 2. The van der Waals surface area contributed by atoms with Crippen LogP contribution in [0.4, 0.5) is 0 Å². The SMILES string of the molecule is CC1CCN(CC2CC3CCC2N3)CC1. The maximum atomic E-state index is 3.75. The van der Waals surface area contributed by atoms with Crippen molar-refractivity contribution in [3.8, 4) is 0 Å². The van der Waals surface area contributed by atoms with Gasteiger partial charge in [0.25, 0.3) is 0 Å². The first kappa shape index (κ1) is 10.1. The molecule has 0 saturated carbocycles. The molecule has 0 radical (unpaired) electrons. The topological polar surface area (TPSA) is 15.3 Å². The van der Waals surface area contributed by atoms with Crippen LogP contribution in [0.3, 0.4) is 0 Å². The van der Waals surface area contributed by atoms with Crippen LogP contribution < -0.4 is 5.32 Å². The molecule has 3 fully saturated rings. The van der Waals surface area contributed by atoms with Crippen LogP contribution in [0.15, 0.2) is 0 Å². The number of nitrogens with zero attached hydrogens (tertiary/aromatic N) is 1. The molecule has 0 aromatic heterocycles. The Kier molecular flexibility index (Phi) is 2.73. The molecule has 3 atom stereocenters. The van der Waals surface area contributed by atoms with E-state index in [0.29, 0.717) is 0 Å². The average molecular weight is 208 g/mol. The summed E-state index contributed by atoms with van der Waals surface area (Å²) in [7, 11) is 0. The minimum Gasteiger partial charge on any atom is -0.311 e. The van der Waals surface area contributed by atoms with Crippen molar-refractivity contribution in [1.82, 2.24) is 10.2 Å². The Labute approximate surface area is 93.4 Å². The highest BCUT2D eigenvalue weighted by Crippen LogP contribution is 2.34. The Morgan fingerprint density at radius 2 is 1.93 bits per heavy atom. The molecule has 0 amide bonds. The lowest BCUT2D eigenvalue weighted by molar-refractivity contribution is 0.157. The summed E-state index contributed by atoms with van der Waals surface area (Å²) in [5.41, 5.74) is 0. The minimum atomic E-state index is 0.870.